The normalized spacial score (nSPS) is 12.8. The molecule has 0 spiro atoms. The molecule has 0 saturated heterocycles. The molecule has 0 radical (unpaired) electrons. The third-order valence-electron chi connectivity index (χ3n) is 9.65. The van der Waals surface area contributed by atoms with Crippen LogP contribution in [0, 0.1) is 41.0 Å². The number of amides is 1. The van der Waals surface area contributed by atoms with Crippen molar-refractivity contribution in [3.05, 3.63) is 102 Å². The van der Waals surface area contributed by atoms with Crippen LogP contribution < -0.4 is 9.62 Å². The van der Waals surface area contributed by atoms with Gasteiger partial charge in [-0.05, 0) is 141 Å². The van der Waals surface area contributed by atoms with Crippen molar-refractivity contribution in [2.75, 3.05) is 30.6 Å². The monoisotopic (exact) mass is 932 g/mol. The van der Waals surface area contributed by atoms with E-state index in [9.17, 15) is 43.0 Å². The molecule has 3 aromatic rings. The number of aryl methyl sites for hydroxylation is 4. The van der Waals surface area contributed by atoms with E-state index in [2.05, 4.69) is 37.4 Å². The molecule has 0 unspecified atom stereocenters. The summed E-state index contributed by atoms with van der Waals surface area (Å²) in [6, 6.07) is 13.1. The van der Waals surface area contributed by atoms with Gasteiger partial charge in [-0.3, -0.25) is 29.3 Å². The van der Waals surface area contributed by atoms with Crippen molar-refractivity contribution in [3.63, 3.8) is 0 Å². The Hall–Kier alpha value is -5.17. The summed E-state index contributed by atoms with van der Waals surface area (Å²) < 4.78 is 51.9. The minimum absolute atomic E-state index is 0.0543. The van der Waals surface area contributed by atoms with Crippen molar-refractivity contribution < 1.29 is 51.6 Å². The number of benzene rings is 3. The van der Waals surface area contributed by atoms with Gasteiger partial charge in [-0.25, -0.2) is 18.0 Å². The lowest BCUT2D eigenvalue weighted by molar-refractivity contribution is -0.396. The summed E-state index contributed by atoms with van der Waals surface area (Å²) in [5, 5.41) is 26.3. The van der Waals surface area contributed by atoms with Crippen molar-refractivity contribution in [1.82, 2.24) is 5.32 Å². The highest BCUT2D eigenvalue weighted by molar-refractivity contribution is 7.93. The van der Waals surface area contributed by atoms with E-state index < -0.39 is 84.0 Å². The van der Waals surface area contributed by atoms with Crippen LogP contribution in [-0.4, -0.2) is 85.8 Å². The summed E-state index contributed by atoms with van der Waals surface area (Å²) in [5.41, 5.74) is 0.968. The molecule has 0 aliphatic carbocycles. The van der Waals surface area contributed by atoms with Gasteiger partial charge >= 0.3 is 11.9 Å². The predicted octanol–water partition coefficient (Wildman–Crippen LogP) is 8.43. The van der Waals surface area contributed by atoms with Gasteiger partial charge < -0.3 is 24.3 Å². The van der Waals surface area contributed by atoms with Gasteiger partial charge in [-0.15, -0.1) is 0 Å². The number of unbranched alkanes of at least 4 members (excludes halogenated alkanes) is 4. The van der Waals surface area contributed by atoms with E-state index in [0.717, 1.165) is 35.7 Å². The third kappa shape index (κ3) is 16.8. The Morgan fingerprint density at radius 3 is 2.02 bits per heavy atom. The smallest absolute Gasteiger partial charge is 0.339 e. The molecule has 17 nitrogen and oxygen atoms in total. The number of halogens is 1. The molecule has 2 atom stereocenters. The molecular weight excluding hydrogens is 872 g/mol. The first-order chi connectivity index (χ1) is 29.8. The zero-order valence-electron chi connectivity index (χ0n) is 38.1. The number of ether oxygens (including phenoxy) is 4. The number of esters is 2. The van der Waals surface area contributed by atoms with Crippen LogP contribution in [0.4, 0.5) is 17.1 Å². The Kier molecular flexibility index (Phi) is 19.7. The van der Waals surface area contributed by atoms with Crippen LogP contribution >= 0.6 is 11.6 Å². The number of hydrogen-bond acceptors (Lipinski definition) is 13. The SMILES string of the molecule is Cc1ccc(CCCCCO[C@@H](C(=O)NCCCCCN(c2ccc(C)c(Cl)c2)S(=O)(=O)c2ccc([N+](=O)[O-])cc2[N+](=O)[O-])[C@@H](OCC(=O)OC(C)(C)C)C(=O)OC(C)(C)C)cc1C. The number of non-ortho nitro benzene ring substituents is 1. The number of carbonyl (C=O) groups is 3. The van der Waals surface area contributed by atoms with Gasteiger partial charge in [0.1, 0.15) is 17.8 Å². The van der Waals surface area contributed by atoms with Gasteiger partial charge in [0.25, 0.3) is 27.3 Å². The zero-order chi connectivity index (χ0) is 48.0. The van der Waals surface area contributed by atoms with Gasteiger partial charge in [-0.1, -0.05) is 42.3 Å². The molecule has 1 N–H and O–H groups in total. The molecule has 0 saturated carbocycles. The Morgan fingerprint density at radius 2 is 1.41 bits per heavy atom. The van der Waals surface area contributed by atoms with Crippen LogP contribution in [0.2, 0.25) is 5.02 Å². The summed E-state index contributed by atoms with van der Waals surface area (Å²) in [7, 11) is -4.67. The molecule has 64 heavy (non-hydrogen) atoms. The van der Waals surface area contributed by atoms with E-state index in [-0.39, 0.29) is 36.8 Å². The molecule has 0 heterocycles. The molecule has 0 aliphatic rings. The quantitative estimate of drug-likeness (QED) is 0.0386. The largest absolute Gasteiger partial charge is 0.458 e. The van der Waals surface area contributed by atoms with Gasteiger partial charge in [0, 0.05) is 30.8 Å². The van der Waals surface area contributed by atoms with E-state index >= 15 is 0 Å². The van der Waals surface area contributed by atoms with Crippen LogP contribution in [0.15, 0.2) is 59.5 Å². The van der Waals surface area contributed by atoms with E-state index in [4.69, 9.17) is 30.5 Å². The fourth-order valence-electron chi connectivity index (χ4n) is 6.34. The lowest BCUT2D eigenvalue weighted by Crippen LogP contribution is -2.51. The molecule has 19 heteroatoms. The van der Waals surface area contributed by atoms with Crippen LogP contribution in [0.3, 0.4) is 0 Å². The van der Waals surface area contributed by atoms with Crippen molar-refractivity contribution in [2.24, 2.45) is 0 Å². The highest BCUT2D eigenvalue weighted by Gasteiger charge is 2.40. The molecular formula is C45H61ClN4O13S. The maximum atomic E-state index is 14.1. The second-order valence-corrected chi connectivity index (χ2v) is 19.6. The van der Waals surface area contributed by atoms with Crippen LogP contribution in [0.25, 0.3) is 0 Å². The maximum absolute atomic E-state index is 14.1. The van der Waals surface area contributed by atoms with E-state index in [1.54, 1.807) is 54.5 Å². The molecule has 0 aliphatic heterocycles. The number of rotatable bonds is 24. The first kappa shape index (κ1) is 53.2. The standard InChI is InChI=1S/C45H61ClN4O13S/c1-30-17-19-33(26-32(30)3)16-12-10-15-25-60-40(41(43(53)63-45(7,8)9)61-29-39(51)62-44(4,5)6)42(52)47-23-13-11-14-24-48(34-20-18-31(2)36(46)27-34)64(58,59)38-22-21-35(49(54)55)28-37(38)50(56)57/h17-22,26-28,40-41H,10-16,23-25,29H2,1-9H3,(H,47,52)/t40-,41-/m1/s1. The minimum Gasteiger partial charge on any atom is -0.458 e. The Morgan fingerprint density at radius 1 is 0.750 bits per heavy atom. The second-order valence-electron chi connectivity index (χ2n) is 17.4. The number of hydrogen-bond donors (Lipinski definition) is 1. The van der Waals surface area contributed by atoms with Crippen LogP contribution in [-0.2, 0) is 49.8 Å². The third-order valence-corrected chi connectivity index (χ3v) is 11.9. The van der Waals surface area contributed by atoms with E-state index in [1.165, 1.54) is 28.8 Å². The number of nitrogens with zero attached hydrogens (tertiary/aromatic N) is 3. The van der Waals surface area contributed by atoms with Crippen molar-refractivity contribution in [2.45, 2.75) is 136 Å². The summed E-state index contributed by atoms with van der Waals surface area (Å²) >= 11 is 6.35. The topological polar surface area (TPSA) is 224 Å². The average molecular weight is 934 g/mol. The molecule has 0 aromatic heterocycles. The Labute approximate surface area is 380 Å². The van der Waals surface area contributed by atoms with E-state index in [0.29, 0.717) is 30.9 Å². The number of carbonyl (C=O) groups excluding carboxylic acids is 3. The van der Waals surface area contributed by atoms with Gasteiger partial charge in [-0.2, -0.15) is 0 Å². The molecule has 0 fully saturated rings. The predicted molar refractivity (Wildman–Crippen MR) is 242 cm³/mol. The summed E-state index contributed by atoms with van der Waals surface area (Å²) in [4.78, 5) is 60.8. The van der Waals surface area contributed by atoms with Crippen molar-refractivity contribution in [1.29, 1.82) is 0 Å². The minimum atomic E-state index is -4.67. The van der Waals surface area contributed by atoms with Crippen LogP contribution in [0.1, 0.15) is 102 Å². The summed E-state index contributed by atoms with van der Waals surface area (Å²) in [5.74, 6) is -2.39. The Bertz CT molecular complexity index is 2240. The fraction of sp³-hybridized carbons (Fsp3) is 0.533. The van der Waals surface area contributed by atoms with Crippen molar-refractivity contribution >= 4 is 56.5 Å². The number of nitro groups is 2. The lowest BCUT2D eigenvalue weighted by atomic mass is 10.0. The number of sulfonamides is 1. The van der Waals surface area contributed by atoms with E-state index in [1.807, 2.05) is 0 Å². The highest BCUT2D eigenvalue weighted by atomic mass is 35.5. The number of nitrogens with one attached hydrogen (secondary N) is 1. The molecule has 3 rings (SSSR count). The van der Waals surface area contributed by atoms with Crippen LogP contribution in [0.5, 0.6) is 0 Å². The van der Waals surface area contributed by atoms with Gasteiger partial charge in [0.2, 0.25) is 0 Å². The van der Waals surface area contributed by atoms with Gasteiger partial charge in [0.05, 0.1) is 21.6 Å². The highest BCUT2D eigenvalue weighted by Crippen LogP contribution is 2.34. The first-order valence-electron chi connectivity index (χ1n) is 21.0. The molecule has 1 amide bonds. The average Bonchev–Trinajstić information content (AvgIpc) is 3.18. The summed E-state index contributed by atoms with van der Waals surface area (Å²) in [6.07, 6.45) is 0.693. The van der Waals surface area contributed by atoms with Gasteiger partial charge in [0.15, 0.2) is 17.1 Å². The lowest BCUT2D eigenvalue weighted by Gasteiger charge is -2.29. The number of anilines is 1. The number of nitro benzene ring substituents is 2. The van der Waals surface area contributed by atoms with Crippen molar-refractivity contribution in [3.8, 4) is 0 Å². The fourth-order valence-corrected chi connectivity index (χ4v) is 8.15. The second kappa shape index (κ2) is 23.7. The maximum Gasteiger partial charge on any atom is 0.339 e. The first-order valence-corrected chi connectivity index (χ1v) is 22.9. The summed E-state index contributed by atoms with van der Waals surface area (Å²) in [6.45, 7) is 15.1. The zero-order valence-corrected chi connectivity index (χ0v) is 39.6. The Balaban J connectivity index is 1.77. The molecule has 352 valence electrons. The molecule has 3 aromatic carbocycles. The molecule has 0 bridgehead atoms.